The third-order valence-corrected chi connectivity index (χ3v) is 2.63. The van der Waals surface area contributed by atoms with Crippen molar-refractivity contribution in [3.05, 3.63) is 65.5 Å². The molecule has 0 aliphatic carbocycles. The summed E-state index contributed by atoms with van der Waals surface area (Å²) in [6.45, 7) is 0.329. The van der Waals surface area contributed by atoms with Crippen LogP contribution in [0.1, 0.15) is 11.1 Å². The van der Waals surface area contributed by atoms with Crippen LogP contribution in [0.25, 0.3) is 0 Å². The molecule has 0 heterocycles. The predicted octanol–water partition coefficient (Wildman–Crippen LogP) is 2.01. The predicted molar refractivity (Wildman–Crippen MR) is 80.6 cm³/mol. The van der Waals surface area contributed by atoms with Gasteiger partial charge in [0.1, 0.15) is 18.2 Å². The van der Waals surface area contributed by atoms with Gasteiger partial charge in [-0.1, -0.05) is 24.3 Å². The van der Waals surface area contributed by atoms with Crippen molar-refractivity contribution in [1.82, 2.24) is 0 Å². The van der Waals surface area contributed by atoms with Crippen molar-refractivity contribution in [2.24, 2.45) is 21.7 Å². The molecule has 2 aromatic carbocycles. The summed E-state index contributed by atoms with van der Waals surface area (Å²) < 4.78 is 18.4. The fourth-order valence-corrected chi connectivity index (χ4v) is 1.64. The zero-order chi connectivity index (χ0) is 15.1. The zero-order valence-electron chi connectivity index (χ0n) is 11.2. The SMILES string of the molecule is NC(N)=NN=Cc1ccccc1COc1ccc(F)cc1. The van der Waals surface area contributed by atoms with Crippen LogP contribution in [0.5, 0.6) is 5.75 Å². The monoisotopic (exact) mass is 286 g/mol. The second kappa shape index (κ2) is 7.04. The zero-order valence-corrected chi connectivity index (χ0v) is 11.2. The van der Waals surface area contributed by atoms with Crippen molar-refractivity contribution in [1.29, 1.82) is 0 Å². The van der Waals surface area contributed by atoms with Crippen LogP contribution in [-0.4, -0.2) is 12.2 Å². The van der Waals surface area contributed by atoms with Crippen LogP contribution >= 0.6 is 0 Å². The molecule has 0 saturated heterocycles. The van der Waals surface area contributed by atoms with E-state index in [4.69, 9.17) is 16.2 Å². The highest BCUT2D eigenvalue weighted by molar-refractivity contribution is 5.83. The van der Waals surface area contributed by atoms with Crippen molar-refractivity contribution in [2.45, 2.75) is 6.61 Å². The molecule has 108 valence electrons. The number of ether oxygens (including phenoxy) is 1. The van der Waals surface area contributed by atoms with Gasteiger partial charge in [0.05, 0.1) is 6.21 Å². The second-order valence-corrected chi connectivity index (χ2v) is 4.21. The molecular formula is C15H15FN4O. The van der Waals surface area contributed by atoms with Crippen LogP contribution < -0.4 is 16.2 Å². The summed E-state index contributed by atoms with van der Waals surface area (Å²) in [5.41, 5.74) is 12.2. The fourth-order valence-electron chi connectivity index (χ4n) is 1.64. The van der Waals surface area contributed by atoms with E-state index in [9.17, 15) is 4.39 Å². The van der Waals surface area contributed by atoms with Crippen molar-refractivity contribution >= 4 is 12.2 Å². The third kappa shape index (κ3) is 4.61. The summed E-state index contributed by atoms with van der Waals surface area (Å²) in [6, 6.07) is 13.4. The number of rotatable bonds is 5. The number of hydrogen-bond acceptors (Lipinski definition) is 3. The van der Waals surface area contributed by atoms with E-state index in [1.165, 1.54) is 12.1 Å². The summed E-state index contributed by atoms with van der Waals surface area (Å²) in [5, 5.41) is 7.32. The molecule has 5 nitrogen and oxygen atoms in total. The van der Waals surface area contributed by atoms with Gasteiger partial charge < -0.3 is 16.2 Å². The molecule has 4 N–H and O–H groups in total. The number of halogens is 1. The summed E-state index contributed by atoms with van der Waals surface area (Å²) in [7, 11) is 0. The third-order valence-electron chi connectivity index (χ3n) is 2.63. The molecule has 0 saturated carbocycles. The van der Waals surface area contributed by atoms with E-state index in [1.54, 1.807) is 18.3 Å². The second-order valence-electron chi connectivity index (χ2n) is 4.21. The maximum absolute atomic E-state index is 12.8. The van der Waals surface area contributed by atoms with Crippen LogP contribution in [0.3, 0.4) is 0 Å². The lowest BCUT2D eigenvalue weighted by atomic mass is 10.1. The Labute approximate surface area is 121 Å². The van der Waals surface area contributed by atoms with Gasteiger partial charge in [0, 0.05) is 5.56 Å². The maximum Gasteiger partial charge on any atom is 0.211 e. The Hall–Kier alpha value is -2.89. The molecule has 2 rings (SSSR count). The van der Waals surface area contributed by atoms with E-state index in [2.05, 4.69) is 10.2 Å². The van der Waals surface area contributed by atoms with E-state index in [0.717, 1.165) is 11.1 Å². The van der Waals surface area contributed by atoms with E-state index in [1.807, 2.05) is 24.3 Å². The lowest BCUT2D eigenvalue weighted by molar-refractivity contribution is 0.305. The topological polar surface area (TPSA) is 86.0 Å². The molecule has 0 aliphatic rings. The van der Waals surface area contributed by atoms with Gasteiger partial charge in [-0.15, -0.1) is 5.10 Å². The molecule has 0 spiro atoms. The molecule has 0 bridgehead atoms. The van der Waals surface area contributed by atoms with Gasteiger partial charge in [-0.25, -0.2) is 4.39 Å². The highest BCUT2D eigenvalue weighted by atomic mass is 19.1. The van der Waals surface area contributed by atoms with Gasteiger partial charge in [0.15, 0.2) is 0 Å². The first-order valence-electron chi connectivity index (χ1n) is 6.23. The number of nitrogens with zero attached hydrogens (tertiary/aromatic N) is 2. The van der Waals surface area contributed by atoms with E-state index >= 15 is 0 Å². The van der Waals surface area contributed by atoms with Gasteiger partial charge in [-0.3, -0.25) is 0 Å². The Kier molecular flexibility index (Phi) is 4.87. The molecule has 2 aromatic rings. The molecule has 0 amide bonds. The van der Waals surface area contributed by atoms with Crippen LogP contribution in [0, 0.1) is 5.82 Å². The van der Waals surface area contributed by atoms with Gasteiger partial charge in [0.25, 0.3) is 0 Å². The first-order valence-corrected chi connectivity index (χ1v) is 6.23. The number of benzene rings is 2. The normalized spacial score (nSPS) is 10.5. The summed E-state index contributed by atoms with van der Waals surface area (Å²) in [6.07, 6.45) is 1.54. The van der Waals surface area contributed by atoms with Gasteiger partial charge >= 0.3 is 0 Å². The van der Waals surface area contributed by atoms with E-state index in [-0.39, 0.29) is 11.8 Å². The van der Waals surface area contributed by atoms with Crippen LogP contribution in [0.4, 0.5) is 4.39 Å². The largest absolute Gasteiger partial charge is 0.489 e. The Morgan fingerprint density at radius 1 is 1.10 bits per heavy atom. The molecule has 21 heavy (non-hydrogen) atoms. The average Bonchev–Trinajstić information content (AvgIpc) is 2.47. The van der Waals surface area contributed by atoms with Crippen molar-refractivity contribution in [3.63, 3.8) is 0 Å². The van der Waals surface area contributed by atoms with Gasteiger partial charge in [-0.05, 0) is 29.8 Å². The molecule has 0 aromatic heterocycles. The van der Waals surface area contributed by atoms with Crippen LogP contribution in [0.2, 0.25) is 0 Å². The Balaban J connectivity index is 2.07. The first-order chi connectivity index (χ1) is 10.1. The first kappa shape index (κ1) is 14.5. The smallest absolute Gasteiger partial charge is 0.211 e. The Morgan fingerprint density at radius 3 is 2.52 bits per heavy atom. The summed E-state index contributed by atoms with van der Waals surface area (Å²) >= 11 is 0. The lowest BCUT2D eigenvalue weighted by Crippen LogP contribution is -2.21. The Bertz CT molecular complexity index is 649. The number of nitrogens with two attached hydrogens (primary N) is 2. The molecule has 0 aliphatic heterocycles. The molecule has 0 fully saturated rings. The van der Waals surface area contributed by atoms with E-state index < -0.39 is 0 Å². The number of guanidine groups is 1. The minimum atomic E-state index is -0.299. The highest BCUT2D eigenvalue weighted by Gasteiger charge is 2.01. The quantitative estimate of drug-likeness (QED) is 0.501. The molecule has 0 unspecified atom stereocenters. The minimum Gasteiger partial charge on any atom is -0.489 e. The fraction of sp³-hybridized carbons (Fsp3) is 0.0667. The van der Waals surface area contributed by atoms with Gasteiger partial charge in [0.2, 0.25) is 5.96 Å². The molecule has 0 atom stereocenters. The average molecular weight is 286 g/mol. The maximum atomic E-state index is 12.8. The highest BCUT2D eigenvalue weighted by Crippen LogP contribution is 2.15. The van der Waals surface area contributed by atoms with E-state index in [0.29, 0.717) is 12.4 Å². The van der Waals surface area contributed by atoms with Crippen molar-refractivity contribution in [2.75, 3.05) is 0 Å². The Morgan fingerprint density at radius 2 is 1.81 bits per heavy atom. The standard InChI is InChI=1S/C15H15FN4O/c16-13-5-7-14(8-6-13)21-10-12-4-2-1-3-11(12)9-19-20-15(17)18/h1-9H,10H2,(H4,17,18,20). The molecular weight excluding hydrogens is 271 g/mol. The van der Waals surface area contributed by atoms with Gasteiger partial charge in [-0.2, -0.15) is 5.10 Å². The molecule has 0 radical (unpaired) electrons. The van der Waals surface area contributed by atoms with Crippen molar-refractivity contribution in [3.8, 4) is 5.75 Å². The van der Waals surface area contributed by atoms with Crippen LogP contribution in [-0.2, 0) is 6.61 Å². The van der Waals surface area contributed by atoms with Crippen LogP contribution in [0.15, 0.2) is 58.7 Å². The lowest BCUT2D eigenvalue weighted by Gasteiger charge is -2.08. The van der Waals surface area contributed by atoms with Crippen molar-refractivity contribution < 1.29 is 9.13 Å². The summed E-state index contributed by atoms with van der Waals surface area (Å²) in [5.74, 6) is 0.186. The minimum absolute atomic E-state index is 0.105. The number of hydrogen-bond donors (Lipinski definition) is 2. The molecule has 6 heteroatoms. The summed E-state index contributed by atoms with van der Waals surface area (Å²) in [4.78, 5) is 0.